The van der Waals surface area contributed by atoms with E-state index in [2.05, 4.69) is 16.0 Å². The van der Waals surface area contributed by atoms with E-state index < -0.39 is 22.9 Å². The van der Waals surface area contributed by atoms with Crippen molar-refractivity contribution in [1.29, 1.82) is 0 Å². The van der Waals surface area contributed by atoms with Gasteiger partial charge in [0, 0.05) is 41.9 Å². The molecule has 2 fully saturated rings. The second-order valence-electron chi connectivity index (χ2n) is 10.7. The van der Waals surface area contributed by atoms with E-state index in [1.165, 1.54) is 19.3 Å². The number of aliphatic hydroxyl groups is 1. The Labute approximate surface area is 239 Å². The number of hydrogen-bond acceptors (Lipinski definition) is 7. The zero-order chi connectivity index (χ0) is 27.8. The molecular formula is C29H43ClN4O4S. The first-order valence-corrected chi connectivity index (χ1v) is 16.2. The van der Waals surface area contributed by atoms with Gasteiger partial charge in [-0.15, -0.1) is 10.8 Å². The Bertz CT molecular complexity index is 1100. The van der Waals surface area contributed by atoms with Crippen LogP contribution in [0.3, 0.4) is 0 Å². The minimum absolute atomic E-state index is 0.321. The third kappa shape index (κ3) is 8.49. The van der Waals surface area contributed by atoms with Crippen LogP contribution in [0.1, 0.15) is 67.8 Å². The van der Waals surface area contributed by atoms with Crippen molar-refractivity contribution in [3.8, 4) is 0 Å². The summed E-state index contributed by atoms with van der Waals surface area (Å²) in [6.07, 6.45) is 7.09. The van der Waals surface area contributed by atoms with Gasteiger partial charge in [-0.1, -0.05) is 43.0 Å². The lowest BCUT2D eigenvalue weighted by Crippen LogP contribution is -2.50. The number of aliphatic hydroxyl groups excluding tert-OH is 1. The molecule has 2 aromatic carbocycles. The molecule has 0 aromatic heterocycles. The second kappa shape index (κ2) is 14.1. The number of anilines is 2. The zero-order valence-corrected chi connectivity index (χ0v) is 24.3. The van der Waals surface area contributed by atoms with Crippen LogP contribution in [-0.2, 0) is 6.42 Å². The van der Waals surface area contributed by atoms with Crippen molar-refractivity contribution >= 4 is 39.7 Å². The lowest BCUT2D eigenvalue weighted by Gasteiger charge is -2.47. The van der Waals surface area contributed by atoms with E-state index in [0.717, 1.165) is 36.9 Å². The number of benzene rings is 2. The highest BCUT2D eigenvalue weighted by atomic mass is 35.5. The van der Waals surface area contributed by atoms with Crippen LogP contribution in [0.2, 0.25) is 5.02 Å². The number of nitrogens with zero attached hydrogens (tertiary/aromatic N) is 1. The van der Waals surface area contributed by atoms with Gasteiger partial charge in [0.2, 0.25) is 0 Å². The van der Waals surface area contributed by atoms with E-state index in [-0.39, 0.29) is 5.91 Å². The highest BCUT2D eigenvalue weighted by Gasteiger charge is 2.29. The van der Waals surface area contributed by atoms with Crippen molar-refractivity contribution in [2.75, 3.05) is 35.0 Å². The van der Waals surface area contributed by atoms with Crippen molar-refractivity contribution in [1.82, 2.24) is 10.6 Å². The van der Waals surface area contributed by atoms with Gasteiger partial charge in [0.25, 0.3) is 5.91 Å². The number of amides is 1. The largest absolute Gasteiger partial charge is 0.390 e. The number of halogens is 1. The first-order chi connectivity index (χ1) is 18.7. The summed E-state index contributed by atoms with van der Waals surface area (Å²) in [6, 6.07) is 12.6. The molecule has 1 aliphatic heterocycles. The van der Waals surface area contributed by atoms with E-state index in [0.29, 0.717) is 54.1 Å². The van der Waals surface area contributed by atoms with Gasteiger partial charge in [0.05, 0.1) is 23.6 Å². The molecule has 1 heterocycles. The molecule has 1 saturated heterocycles. The quantitative estimate of drug-likeness (QED) is 0.204. The van der Waals surface area contributed by atoms with Crippen LogP contribution < -0.4 is 20.3 Å². The minimum atomic E-state index is -2.94. The number of hydrogen-bond donors (Lipinski definition) is 6. The van der Waals surface area contributed by atoms with Crippen LogP contribution in [0.15, 0.2) is 42.5 Å². The normalized spacial score (nSPS) is 20.2. The molecule has 0 radical (unpaired) electrons. The van der Waals surface area contributed by atoms with Gasteiger partial charge in [-0.3, -0.25) is 18.2 Å². The summed E-state index contributed by atoms with van der Waals surface area (Å²) in [5.74, 6) is -0.00442. The molecule has 1 saturated carbocycles. The third-order valence-electron chi connectivity index (χ3n) is 7.58. The number of carbonyl (C=O) groups excluding carboxylic acids is 1. The summed E-state index contributed by atoms with van der Waals surface area (Å²) in [5.41, 5.74) is 2.65. The van der Waals surface area contributed by atoms with E-state index in [9.17, 15) is 19.0 Å². The fourth-order valence-electron chi connectivity index (χ4n) is 5.49. The molecule has 39 heavy (non-hydrogen) atoms. The van der Waals surface area contributed by atoms with Gasteiger partial charge in [0.15, 0.2) is 0 Å². The Hall–Kier alpha value is -2.01. The summed E-state index contributed by atoms with van der Waals surface area (Å²) >= 11 is 6.22. The summed E-state index contributed by atoms with van der Waals surface area (Å²) in [7, 11) is -2.94. The van der Waals surface area contributed by atoms with Crippen LogP contribution in [0, 0.1) is 0 Å². The van der Waals surface area contributed by atoms with Crippen molar-refractivity contribution in [3.63, 3.8) is 0 Å². The van der Waals surface area contributed by atoms with Gasteiger partial charge in [-0.05, 0) is 74.9 Å². The van der Waals surface area contributed by atoms with Crippen LogP contribution in [0.5, 0.6) is 0 Å². The number of rotatable bonds is 11. The predicted molar refractivity (Wildman–Crippen MR) is 162 cm³/mol. The molecule has 1 aliphatic carbocycles. The minimum Gasteiger partial charge on any atom is -0.390 e. The molecule has 0 spiro atoms. The van der Waals surface area contributed by atoms with E-state index in [4.69, 9.17) is 11.6 Å². The predicted octanol–water partition coefficient (Wildman–Crippen LogP) is 5.66. The fourth-order valence-corrected chi connectivity index (χ4v) is 7.38. The lowest BCUT2D eigenvalue weighted by molar-refractivity contribution is 0.0821. The van der Waals surface area contributed by atoms with Crippen LogP contribution in [-0.4, -0.2) is 63.7 Å². The SMILES string of the molecule is CCNc1cc(C(=O)N[C@@H](Cc2cccc(Cl)c2)[C@H](O)CNC2CCCCC2)cc(N2CCCCS2(O)O)c1. The molecule has 8 nitrogen and oxygen atoms in total. The monoisotopic (exact) mass is 578 g/mol. The Kier molecular flexibility index (Phi) is 10.8. The van der Waals surface area contributed by atoms with Crippen molar-refractivity contribution in [2.45, 2.75) is 76.5 Å². The number of nitrogens with one attached hydrogen (secondary N) is 3. The summed E-state index contributed by atoms with van der Waals surface area (Å²) in [6.45, 7) is 3.52. The highest BCUT2D eigenvalue weighted by molar-refractivity contribution is 8.25. The molecule has 1 amide bonds. The van der Waals surface area contributed by atoms with Crippen LogP contribution in [0.4, 0.5) is 11.4 Å². The van der Waals surface area contributed by atoms with Gasteiger partial charge in [-0.25, -0.2) is 0 Å². The van der Waals surface area contributed by atoms with E-state index in [1.54, 1.807) is 22.5 Å². The van der Waals surface area contributed by atoms with Gasteiger partial charge >= 0.3 is 0 Å². The average molecular weight is 579 g/mol. The van der Waals surface area contributed by atoms with Gasteiger partial charge in [-0.2, -0.15) is 0 Å². The number of carbonyl (C=O) groups is 1. The molecule has 4 rings (SSSR count). The second-order valence-corrected chi connectivity index (χ2v) is 13.2. The van der Waals surface area contributed by atoms with Gasteiger partial charge < -0.3 is 21.1 Å². The maximum absolute atomic E-state index is 13.6. The lowest BCUT2D eigenvalue weighted by atomic mass is 9.95. The Balaban J connectivity index is 1.55. The van der Waals surface area contributed by atoms with Gasteiger partial charge in [0.1, 0.15) is 0 Å². The fraction of sp³-hybridized carbons (Fsp3) is 0.552. The smallest absolute Gasteiger partial charge is 0.251 e. The standard InChI is InChI=1S/C29H43ClN4O4S/c1-2-31-25-17-22(18-26(19-25)34-13-6-7-14-39(34,37)38)29(36)33-27(16-21-9-8-10-23(30)15-21)28(35)20-32-24-11-4-3-5-12-24/h8-10,15,17-19,24,27-28,31-32,35,37-38H,2-7,11-14,16,20H2,1H3,(H,33,36)/t27-,28+/m0/s1. The first kappa shape index (κ1) is 30.0. The summed E-state index contributed by atoms with van der Waals surface area (Å²) in [4.78, 5) is 13.6. The Morgan fingerprint density at radius 1 is 1.10 bits per heavy atom. The molecule has 2 aromatic rings. The van der Waals surface area contributed by atoms with Crippen LogP contribution >= 0.6 is 22.4 Å². The van der Waals surface area contributed by atoms with Crippen molar-refractivity contribution in [3.05, 3.63) is 58.6 Å². The molecule has 10 heteroatoms. The van der Waals surface area contributed by atoms with Crippen molar-refractivity contribution < 1.29 is 19.0 Å². The molecule has 2 atom stereocenters. The highest BCUT2D eigenvalue weighted by Crippen LogP contribution is 2.50. The zero-order valence-electron chi connectivity index (χ0n) is 22.7. The first-order valence-electron chi connectivity index (χ1n) is 14.1. The molecule has 6 N–H and O–H groups in total. The molecular weight excluding hydrogens is 536 g/mol. The molecule has 0 bridgehead atoms. The molecule has 216 valence electrons. The Morgan fingerprint density at radius 3 is 2.62 bits per heavy atom. The maximum atomic E-state index is 13.6. The topological polar surface area (TPSA) is 117 Å². The Morgan fingerprint density at radius 2 is 1.90 bits per heavy atom. The average Bonchev–Trinajstić information content (AvgIpc) is 2.91. The molecule has 0 unspecified atom stereocenters. The summed E-state index contributed by atoms with van der Waals surface area (Å²) in [5, 5.41) is 21.7. The van der Waals surface area contributed by atoms with E-state index in [1.807, 2.05) is 31.2 Å². The van der Waals surface area contributed by atoms with Crippen LogP contribution in [0.25, 0.3) is 0 Å². The van der Waals surface area contributed by atoms with Crippen molar-refractivity contribution in [2.24, 2.45) is 0 Å². The summed E-state index contributed by atoms with van der Waals surface area (Å²) < 4.78 is 23.0. The third-order valence-corrected chi connectivity index (χ3v) is 9.75. The van der Waals surface area contributed by atoms with E-state index >= 15 is 0 Å². The molecule has 2 aliphatic rings. The maximum Gasteiger partial charge on any atom is 0.251 e.